The number of ketones is 1. The van der Waals surface area contributed by atoms with Crippen molar-refractivity contribution >= 4 is 34.9 Å². The molecule has 2 heterocycles. The second kappa shape index (κ2) is 7.28. The standard InChI is InChI=1S/C20H12NO6S/c22-19-16-8-7-14(10-17(16)27-18(19)11-15-2-1-9-28-15)26-20(23)12-3-5-13(6-4-12)21(24)25/h1-11,24H/q-1. The lowest BCUT2D eigenvalue weighted by molar-refractivity contribution is 0.0734. The van der Waals surface area contributed by atoms with Gasteiger partial charge in [-0.2, -0.15) is 0 Å². The van der Waals surface area contributed by atoms with Crippen LogP contribution in [0.1, 0.15) is 25.6 Å². The largest absolute Gasteiger partial charge is 0.733 e. The minimum absolute atomic E-state index is 0.00829. The van der Waals surface area contributed by atoms with Crippen molar-refractivity contribution in [2.45, 2.75) is 0 Å². The fourth-order valence-electron chi connectivity index (χ4n) is 2.62. The Morgan fingerprint density at radius 1 is 1.18 bits per heavy atom. The quantitative estimate of drug-likeness (QED) is 0.305. The van der Waals surface area contributed by atoms with Gasteiger partial charge in [0.2, 0.25) is 5.78 Å². The molecule has 0 aliphatic carbocycles. The Bertz CT molecular complexity index is 1070. The lowest BCUT2D eigenvalue weighted by Crippen LogP contribution is -2.10. The number of hydrogen-bond acceptors (Lipinski definition) is 8. The first-order chi connectivity index (χ1) is 13.5. The summed E-state index contributed by atoms with van der Waals surface area (Å²) in [7, 11) is 0. The van der Waals surface area contributed by atoms with Crippen LogP contribution in [-0.4, -0.2) is 17.0 Å². The van der Waals surface area contributed by atoms with Crippen LogP contribution in [0.15, 0.2) is 65.7 Å². The summed E-state index contributed by atoms with van der Waals surface area (Å²) in [5.41, 5.74) is 0.581. The van der Waals surface area contributed by atoms with Crippen molar-refractivity contribution in [1.82, 2.24) is 0 Å². The fraction of sp³-hybridized carbons (Fsp3) is 0. The summed E-state index contributed by atoms with van der Waals surface area (Å²) in [5, 5.41) is 21.2. The zero-order valence-electron chi connectivity index (χ0n) is 14.2. The van der Waals surface area contributed by atoms with Gasteiger partial charge in [0.05, 0.1) is 16.8 Å². The first-order valence-electron chi connectivity index (χ1n) is 8.11. The van der Waals surface area contributed by atoms with Crippen LogP contribution in [0.3, 0.4) is 0 Å². The van der Waals surface area contributed by atoms with Gasteiger partial charge in [-0.25, -0.2) is 4.79 Å². The number of nitrogens with zero attached hydrogens (tertiary/aromatic N) is 1. The van der Waals surface area contributed by atoms with E-state index in [0.717, 1.165) is 4.88 Å². The van der Waals surface area contributed by atoms with Gasteiger partial charge in [-0.1, -0.05) is 6.07 Å². The van der Waals surface area contributed by atoms with E-state index in [-0.39, 0.29) is 33.8 Å². The van der Waals surface area contributed by atoms with Crippen LogP contribution in [0.4, 0.5) is 5.69 Å². The van der Waals surface area contributed by atoms with Crippen molar-refractivity contribution in [3.8, 4) is 11.5 Å². The molecule has 1 aliphatic rings. The highest BCUT2D eigenvalue weighted by atomic mass is 32.1. The first-order valence-corrected chi connectivity index (χ1v) is 8.99. The second-order valence-electron chi connectivity index (χ2n) is 5.82. The van der Waals surface area contributed by atoms with Crippen LogP contribution in [0.25, 0.3) is 6.08 Å². The van der Waals surface area contributed by atoms with Crippen molar-refractivity contribution in [3.63, 3.8) is 0 Å². The summed E-state index contributed by atoms with van der Waals surface area (Å²) in [6.45, 7) is 0. The van der Waals surface area contributed by atoms with Crippen molar-refractivity contribution in [2.24, 2.45) is 0 Å². The van der Waals surface area contributed by atoms with Gasteiger partial charge in [-0.3, -0.25) is 10.0 Å². The number of allylic oxidation sites excluding steroid dienone is 1. The predicted octanol–water partition coefficient (Wildman–Crippen LogP) is 4.28. The summed E-state index contributed by atoms with van der Waals surface area (Å²) in [4.78, 5) is 25.6. The average Bonchev–Trinajstić information content (AvgIpc) is 3.30. The molecule has 1 aromatic heterocycles. The third-order valence-corrected chi connectivity index (χ3v) is 4.81. The zero-order chi connectivity index (χ0) is 19.7. The van der Waals surface area contributed by atoms with Crippen molar-refractivity contribution in [3.05, 3.63) is 86.9 Å². The molecule has 2 aromatic carbocycles. The van der Waals surface area contributed by atoms with E-state index in [1.54, 1.807) is 12.1 Å². The maximum atomic E-state index is 12.4. The normalized spacial score (nSPS) is 13.9. The van der Waals surface area contributed by atoms with Gasteiger partial charge in [0.1, 0.15) is 11.5 Å². The minimum Gasteiger partial charge on any atom is -0.733 e. The number of ether oxygens (including phenoxy) is 2. The number of Topliss-reactive ketones (excluding diaryl/α,β-unsaturated/α-hetero) is 1. The summed E-state index contributed by atoms with van der Waals surface area (Å²) < 4.78 is 10.9. The van der Waals surface area contributed by atoms with Crippen LogP contribution < -0.4 is 14.7 Å². The maximum Gasteiger partial charge on any atom is 0.343 e. The molecule has 0 spiro atoms. The number of carbonyl (C=O) groups is 2. The molecule has 7 nitrogen and oxygen atoms in total. The summed E-state index contributed by atoms with van der Waals surface area (Å²) >= 11 is 1.49. The molecule has 0 radical (unpaired) electrons. The molecule has 28 heavy (non-hydrogen) atoms. The molecule has 0 fully saturated rings. The molecule has 0 atom stereocenters. The van der Waals surface area contributed by atoms with E-state index in [4.69, 9.17) is 14.7 Å². The molecule has 0 bridgehead atoms. The van der Waals surface area contributed by atoms with E-state index in [0.29, 0.717) is 11.3 Å². The number of carbonyl (C=O) groups excluding carboxylic acids is 2. The van der Waals surface area contributed by atoms with Gasteiger partial charge in [-0.05, 0) is 47.8 Å². The molecule has 1 aliphatic heterocycles. The van der Waals surface area contributed by atoms with Crippen molar-refractivity contribution < 1.29 is 24.3 Å². The van der Waals surface area contributed by atoms with E-state index in [1.165, 1.54) is 47.7 Å². The number of fused-ring (bicyclic) bond motifs is 1. The van der Waals surface area contributed by atoms with Gasteiger partial charge < -0.3 is 19.9 Å². The minimum atomic E-state index is -0.652. The highest BCUT2D eigenvalue weighted by Gasteiger charge is 2.28. The van der Waals surface area contributed by atoms with Crippen LogP contribution in [-0.2, 0) is 0 Å². The Morgan fingerprint density at radius 3 is 2.64 bits per heavy atom. The third kappa shape index (κ3) is 3.52. The first kappa shape index (κ1) is 17.9. The van der Waals surface area contributed by atoms with Gasteiger partial charge in [0, 0.05) is 17.0 Å². The number of hydrogen-bond donors (Lipinski definition) is 1. The molecule has 140 valence electrons. The van der Waals surface area contributed by atoms with Crippen molar-refractivity contribution in [1.29, 1.82) is 0 Å². The van der Waals surface area contributed by atoms with Crippen LogP contribution in [0.2, 0.25) is 0 Å². The Morgan fingerprint density at radius 2 is 1.96 bits per heavy atom. The monoisotopic (exact) mass is 394 g/mol. The number of esters is 1. The molecular formula is C20H12NO6S-. The number of benzene rings is 2. The topological polar surface area (TPSA) is 99.1 Å². The Hall–Kier alpha value is -3.46. The summed E-state index contributed by atoms with van der Waals surface area (Å²) in [6.07, 6.45) is 1.67. The van der Waals surface area contributed by atoms with Gasteiger partial charge >= 0.3 is 5.97 Å². The Labute approximate surface area is 163 Å². The molecule has 0 saturated heterocycles. The molecule has 3 aromatic rings. The number of anilines is 1. The van der Waals surface area contributed by atoms with E-state index < -0.39 is 5.97 Å². The lowest BCUT2D eigenvalue weighted by atomic mass is 10.1. The average molecular weight is 394 g/mol. The van der Waals surface area contributed by atoms with Crippen LogP contribution in [0, 0.1) is 5.21 Å². The number of thiophene rings is 1. The van der Waals surface area contributed by atoms with E-state index in [9.17, 15) is 14.8 Å². The molecule has 0 saturated carbocycles. The lowest BCUT2D eigenvalue weighted by Gasteiger charge is -2.21. The van der Waals surface area contributed by atoms with Crippen LogP contribution >= 0.6 is 11.3 Å². The molecule has 0 amide bonds. The summed E-state index contributed by atoms with van der Waals surface area (Å²) in [6, 6.07) is 13.6. The highest BCUT2D eigenvalue weighted by molar-refractivity contribution is 7.10. The predicted molar refractivity (Wildman–Crippen MR) is 103 cm³/mol. The highest BCUT2D eigenvalue weighted by Crippen LogP contribution is 2.35. The smallest absolute Gasteiger partial charge is 0.343 e. The van der Waals surface area contributed by atoms with Crippen molar-refractivity contribution in [2.75, 3.05) is 5.23 Å². The third-order valence-electron chi connectivity index (χ3n) is 3.99. The second-order valence-corrected chi connectivity index (χ2v) is 6.80. The van der Waals surface area contributed by atoms with E-state index >= 15 is 0 Å². The van der Waals surface area contributed by atoms with Gasteiger partial charge in [0.25, 0.3) is 0 Å². The maximum absolute atomic E-state index is 12.4. The van der Waals surface area contributed by atoms with E-state index in [1.807, 2.05) is 17.5 Å². The van der Waals surface area contributed by atoms with Gasteiger partial charge in [-0.15, -0.1) is 11.3 Å². The summed E-state index contributed by atoms with van der Waals surface area (Å²) in [5.74, 6) is -0.146. The number of rotatable bonds is 4. The SMILES string of the molecule is O=C(Oc1ccc2c(c1)OC(=Cc1cccs1)C2=O)c1ccc(N([O-])O)cc1. The molecule has 8 heteroatoms. The Kier molecular flexibility index (Phi) is 4.66. The van der Waals surface area contributed by atoms with E-state index in [2.05, 4.69) is 0 Å². The molecule has 4 rings (SSSR count). The van der Waals surface area contributed by atoms with Crippen LogP contribution in [0.5, 0.6) is 11.5 Å². The Balaban J connectivity index is 1.51. The fourth-order valence-corrected chi connectivity index (χ4v) is 3.27. The molecule has 0 unspecified atom stereocenters. The molecule has 1 N–H and O–H groups in total. The molecular weight excluding hydrogens is 382 g/mol. The van der Waals surface area contributed by atoms with Gasteiger partial charge in [0.15, 0.2) is 5.76 Å². The zero-order valence-corrected chi connectivity index (χ0v) is 15.0.